The first-order valence-corrected chi connectivity index (χ1v) is 16.6. The van der Waals surface area contributed by atoms with Crippen molar-refractivity contribution in [2.75, 3.05) is 11.4 Å². The Morgan fingerprint density at radius 2 is 1.40 bits per heavy atom. The summed E-state index contributed by atoms with van der Waals surface area (Å²) in [6, 6.07) is 34.9. The largest absolute Gasteiger partial charge is 0.444 e. The molecule has 0 aromatic heterocycles. The Kier molecular flexibility index (Phi) is 10.6. The zero-order valence-corrected chi connectivity index (χ0v) is 28.5. The number of ether oxygens (including phenoxy) is 1. The Morgan fingerprint density at radius 3 is 1.94 bits per heavy atom. The molecule has 0 bridgehead atoms. The first kappa shape index (κ1) is 33.7. The molecule has 2 N–H and O–H groups in total. The number of nitrogens with one attached hydrogen (secondary N) is 2. The van der Waals surface area contributed by atoms with Crippen LogP contribution in [-0.2, 0) is 26.3 Å². The third-order valence-electron chi connectivity index (χ3n) is 8.01. The molecule has 0 aliphatic carbocycles. The average molecular weight is 695 g/mol. The smallest absolute Gasteiger partial charge is 0.408 e. The summed E-state index contributed by atoms with van der Waals surface area (Å²) in [6.07, 6.45) is 3.58. The summed E-state index contributed by atoms with van der Waals surface area (Å²) in [7, 11) is 0. The van der Waals surface area contributed by atoms with Gasteiger partial charge in [0.05, 0.1) is 6.04 Å². The van der Waals surface area contributed by atoms with Gasteiger partial charge in [-0.05, 0) is 74.1 Å². The van der Waals surface area contributed by atoms with Gasteiger partial charge in [-0.2, -0.15) is 0 Å². The predicted octanol–water partition coefficient (Wildman–Crippen LogP) is 7.68. The summed E-state index contributed by atoms with van der Waals surface area (Å²) in [5.74, 6) is -0.404. The summed E-state index contributed by atoms with van der Waals surface area (Å²) in [4.78, 5) is 41.8. The van der Waals surface area contributed by atoms with Crippen LogP contribution in [0.5, 0.6) is 0 Å². The lowest BCUT2D eigenvalue weighted by atomic mass is 9.77. The van der Waals surface area contributed by atoms with Gasteiger partial charge in [-0.25, -0.2) is 4.79 Å². The van der Waals surface area contributed by atoms with Crippen molar-refractivity contribution in [2.45, 2.75) is 57.2 Å². The van der Waals surface area contributed by atoms with Gasteiger partial charge >= 0.3 is 6.09 Å². The number of benzene rings is 4. The van der Waals surface area contributed by atoms with Crippen LogP contribution in [0.3, 0.4) is 0 Å². The van der Waals surface area contributed by atoms with Gasteiger partial charge in [0.25, 0.3) is 5.91 Å². The number of carbonyl (C=O) groups is 3. The number of hydrogen-bond acceptors (Lipinski definition) is 4. The molecule has 1 aliphatic heterocycles. The Balaban J connectivity index is 1.39. The molecule has 242 valence electrons. The molecule has 0 saturated carbocycles. The highest BCUT2D eigenvalue weighted by Gasteiger charge is 2.38. The lowest BCUT2D eigenvalue weighted by molar-refractivity contribution is -0.122. The van der Waals surface area contributed by atoms with E-state index in [-0.39, 0.29) is 24.7 Å². The molecule has 0 radical (unpaired) electrons. The van der Waals surface area contributed by atoms with E-state index in [1.54, 1.807) is 31.7 Å². The highest BCUT2D eigenvalue weighted by Crippen LogP contribution is 2.37. The molecule has 8 heteroatoms. The Bertz CT molecular complexity index is 1620. The maximum absolute atomic E-state index is 14.0. The second-order valence-electron chi connectivity index (χ2n) is 12.6. The fourth-order valence-electron chi connectivity index (χ4n) is 5.90. The highest BCUT2D eigenvalue weighted by atomic mass is 79.9. The number of rotatable bonds is 10. The van der Waals surface area contributed by atoms with Crippen LogP contribution in [0.25, 0.3) is 0 Å². The molecule has 47 heavy (non-hydrogen) atoms. The average Bonchev–Trinajstić information content (AvgIpc) is 3.48. The zero-order chi connectivity index (χ0) is 33.4. The van der Waals surface area contributed by atoms with Gasteiger partial charge in [0.1, 0.15) is 11.1 Å². The van der Waals surface area contributed by atoms with Crippen molar-refractivity contribution < 1.29 is 19.1 Å². The number of alkyl carbamates (subject to hydrolysis) is 1. The number of fused-ring (bicyclic) bond motifs is 1. The molecule has 4 aromatic rings. The van der Waals surface area contributed by atoms with Gasteiger partial charge in [-0.1, -0.05) is 113 Å². The van der Waals surface area contributed by atoms with Crippen molar-refractivity contribution in [2.24, 2.45) is 0 Å². The Morgan fingerprint density at radius 1 is 0.851 bits per heavy atom. The minimum absolute atomic E-state index is 0.0772. The number of hydrogen-bond donors (Lipinski definition) is 2. The molecular weight excluding hydrogens is 654 g/mol. The molecule has 1 atom stereocenters. The quantitative estimate of drug-likeness (QED) is 0.132. The van der Waals surface area contributed by atoms with Gasteiger partial charge in [0, 0.05) is 29.2 Å². The van der Waals surface area contributed by atoms with E-state index in [0.29, 0.717) is 6.54 Å². The number of halogens is 1. The second-order valence-corrected chi connectivity index (χ2v) is 13.5. The van der Waals surface area contributed by atoms with Crippen LogP contribution in [0.15, 0.2) is 126 Å². The molecule has 1 heterocycles. The van der Waals surface area contributed by atoms with E-state index in [1.807, 2.05) is 109 Å². The van der Waals surface area contributed by atoms with Gasteiger partial charge < -0.3 is 20.3 Å². The molecule has 4 aromatic carbocycles. The molecule has 0 saturated heterocycles. The van der Waals surface area contributed by atoms with Crippen LogP contribution in [-0.4, -0.2) is 36.1 Å². The van der Waals surface area contributed by atoms with Gasteiger partial charge in [-0.3, -0.25) is 9.59 Å². The van der Waals surface area contributed by atoms with E-state index < -0.39 is 23.3 Å². The van der Waals surface area contributed by atoms with Crippen molar-refractivity contribution in [3.8, 4) is 0 Å². The number of nitrogens with zero attached hydrogens (tertiary/aromatic N) is 1. The second kappa shape index (κ2) is 14.8. The number of anilines is 1. The minimum atomic E-state index is -0.959. The highest BCUT2D eigenvalue weighted by molar-refractivity contribution is 9.10. The zero-order valence-electron chi connectivity index (χ0n) is 26.9. The molecule has 0 spiro atoms. The van der Waals surface area contributed by atoms with Crippen molar-refractivity contribution >= 4 is 39.5 Å². The van der Waals surface area contributed by atoms with Gasteiger partial charge in [-0.15, -0.1) is 0 Å². The Hall–Kier alpha value is -4.69. The summed E-state index contributed by atoms with van der Waals surface area (Å²) in [6.45, 7) is 5.93. The van der Waals surface area contributed by atoms with E-state index >= 15 is 0 Å². The van der Waals surface area contributed by atoms with Crippen molar-refractivity contribution in [3.63, 3.8) is 0 Å². The third-order valence-corrected chi connectivity index (χ3v) is 8.50. The first-order valence-electron chi connectivity index (χ1n) is 15.8. The lowest BCUT2D eigenvalue weighted by Gasteiger charge is -2.37. The SMILES string of the molecule is CC(C)(C)OC(=O)N[C@H](/C=C/C(=O)N1CCc2cc(Br)ccc21)CCC(=O)NC(c1ccccc1)(c1ccccc1)c1ccccc1. The van der Waals surface area contributed by atoms with E-state index in [9.17, 15) is 14.4 Å². The maximum atomic E-state index is 14.0. The molecule has 5 rings (SSSR count). The van der Waals surface area contributed by atoms with Crippen LogP contribution >= 0.6 is 15.9 Å². The van der Waals surface area contributed by atoms with E-state index in [2.05, 4.69) is 26.6 Å². The standard InChI is InChI=1S/C39H40BrN3O4/c1-38(2,3)47-37(46)41-33(21-24-36(45)43-26-25-28-27-32(40)19-22-34(28)43)20-23-35(44)42-39(29-13-7-4-8-14-29,30-15-9-5-10-16-30)31-17-11-6-12-18-31/h4-19,21-22,24,27,33H,20,23,25-26H2,1-3H3,(H,41,46)(H,42,44)/b24-21+/t33-/m0/s1. The molecule has 7 nitrogen and oxygen atoms in total. The van der Waals surface area contributed by atoms with Crippen LogP contribution in [0.2, 0.25) is 0 Å². The fourth-order valence-corrected chi connectivity index (χ4v) is 6.31. The topological polar surface area (TPSA) is 87.7 Å². The third kappa shape index (κ3) is 8.37. The van der Waals surface area contributed by atoms with E-state index in [0.717, 1.165) is 38.8 Å². The fraction of sp³-hybridized carbons (Fsp3) is 0.256. The van der Waals surface area contributed by atoms with Crippen LogP contribution in [0.1, 0.15) is 55.9 Å². The summed E-state index contributed by atoms with van der Waals surface area (Å²) >= 11 is 3.50. The van der Waals surface area contributed by atoms with E-state index in [1.165, 1.54) is 6.08 Å². The monoisotopic (exact) mass is 693 g/mol. The lowest BCUT2D eigenvalue weighted by Crippen LogP contribution is -2.48. The maximum Gasteiger partial charge on any atom is 0.408 e. The molecule has 0 unspecified atom stereocenters. The summed E-state index contributed by atoms with van der Waals surface area (Å²) in [5, 5.41) is 6.22. The minimum Gasteiger partial charge on any atom is -0.444 e. The summed E-state index contributed by atoms with van der Waals surface area (Å²) < 4.78 is 6.48. The first-order chi connectivity index (χ1) is 22.5. The summed E-state index contributed by atoms with van der Waals surface area (Å²) in [5.41, 5.74) is 3.05. The normalized spacial score (nSPS) is 13.6. The van der Waals surface area contributed by atoms with Crippen LogP contribution in [0, 0.1) is 0 Å². The number of carbonyl (C=O) groups excluding carboxylic acids is 3. The van der Waals surface area contributed by atoms with Gasteiger partial charge in [0.2, 0.25) is 5.91 Å². The van der Waals surface area contributed by atoms with Crippen molar-refractivity contribution in [3.05, 3.63) is 148 Å². The van der Waals surface area contributed by atoms with E-state index in [4.69, 9.17) is 4.74 Å². The number of amides is 3. The molecule has 1 aliphatic rings. The van der Waals surface area contributed by atoms with Crippen molar-refractivity contribution in [1.29, 1.82) is 0 Å². The molecule has 0 fully saturated rings. The molecular formula is C39H40BrN3O4. The predicted molar refractivity (Wildman–Crippen MR) is 189 cm³/mol. The van der Waals surface area contributed by atoms with Crippen LogP contribution in [0.4, 0.5) is 10.5 Å². The Labute approximate surface area is 285 Å². The molecule has 3 amide bonds. The van der Waals surface area contributed by atoms with Crippen LogP contribution < -0.4 is 15.5 Å². The van der Waals surface area contributed by atoms with Gasteiger partial charge in [0.15, 0.2) is 0 Å². The van der Waals surface area contributed by atoms with Crippen molar-refractivity contribution in [1.82, 2.24) is 10.6 Å².